The Bertz CT molecular complexity index is 936. The van der Waals surface area contributed by atoms with E-state index in [4.69, 9.17) is 18.9 Å². The molecule has 29 heavy (non-hydrogen) atoms. The van der Waals surface area contributed by atoms with E-state index >= 15 is 0 Å². The normalized spacial score (nSPS) is 15.4. The highest BCUT2D eigenvalue weighted by Crippen LogP contribution is 2.31. The molecule has 0 unspecified atom stereocenters. The molecule has 1 fully saturated rings. The summed E-state index contributed by atoms with van der Waals surface area (Å²) in [6, 6.07) is 13.2. The van der Waals surface area contributed by atoms with Gasteiger partial charge in [0.15, 0.2) is 11.5 Å². The third-order valence-corrected chi connectivity index (χ3v) is 4.34. The van der Waals surface area contributed by atoms with Crippen LogP contribution in [0.2, 0.25) is 0 Å². The van der Waals surface area contributed by atoms with Gasteiger partial charge in [0.2, 0.25) is 0 Å². The van der Waals surface area contributed by atoms with Crippen molar-refractivity contribution in [3.05, 3.63) is 64.7 Å². The lowest BCUT2D eigenvalue weighted by molar-refractivity contribution is -0.222. The van der Waals surface area contributed by atoms with Gasteiger partial charge >= 0.3 is 11.9 Å². The number of carbonyl (C=O) groups is 2. The smallest absolute Gasteiger partial charge is 0.348 e. The Labute approximate surface area is 170 Å². The zero-order valence-corrected chi connectivity index (χ0v) is 17.0. The van der Waals surface area contributed by atoms with Crippen LogP contribution in [0, 0.1) is 6.92 Å². The van der Waals surface area contributed by atoms with Crippen LogP contribution in [0.4, 0.5) is 0 Å². The minimum Gasteiger partial charge on any atom is -0.490 e. The Hall–Kier alpha value is -3.28. The fourth-order valence-electron chi connectivity index (χ4n) is 2.87. The van der Waals surface area contributed by atoms with E-state index in [0.29, 0.717) is 30.3 Å². The van der Waals surface area contributed by atoms with Crippen molar-refractivity contribution in [3.63, 3.8) is 0 Å². The molecule has 0 spiro atoms. The first-order valence-electron chi connectivity index (χ1n) is 9.41. The molecule has 0 aromatic heterocycles. The Morgan fingerprint density at radius 1 is 0.966 bits per heavy atom. The summed E-state index contributed by atoms with van der Waals surface area (Å²) in [5.74, 6) is -1.61. The Balaban J connectivity index is 1.83. The number of aryl methyl sites for hydroxylation is 1. The van der Waals surface area contributed by atoms with Crippen molar-refractivity contribution in [2.24, 2.45) is 0 Å². The van der Waals surface area contributed by atoms with E-state index in [9.17, 15) is 9.59 Å². The van der Waals surface area contributed by atoms with Gasteiger partial charge in [-0.2, -0.15) is 0 Å². The van der Waals surface area contributed by atoms with Gasteiger partial charge in [0.1, 0.15) is 12.2 Å². The molecule has 2 aromatic carbocycles. The first-order chi connectivity index (χ1) is 13.8. The molecule has 1 heterocycles. The monoisotopic (exact) mass is 396 g/mol. The molecule has 0 N–H and O–H groups in total. The van der Waals surface area contributed by atoms with Crippen LogP contribution in [-0.2, 0) is 25.7 Å². The first kappa shape index (κ1) is 20.5. The number of benzene rings is 2. The molecule has 6 heteroatoms. The molecule has 6 nitrogen and oxygen atoms in total. The summed E-state index contributed by atoms with van der Waals surface area (Å²) in [6.45, 7) is 7.76. The van der Waals surface area contributed by atoms with Gasteiger partial charge in [-0.3, -0.25) is 0 Å². The van der Waals surface area contributed by atoms with Crippen LogP contribution in [0.1, 0.15) is 37.5 Å². The Morgan fingerprint density at radius 3 is 2.31 bits per heavy atom. The highest BCUT2D eigenvalue weighted by atomic mass is 16.7. The second kappa shape index (κ2) is 8.39. The van der Waals surface area contributed by atoms with Crippen molar-refractivity contribution in [2.45, 2.75) is 40.1 Å². The topological polar surface area (TPSA) is 71.1 Å². The molecule has 0 amide bonds. The van der Waals surface area contributed by atoms with Crippen molar-refractivity contribution < 1.29 is 28.5 Å². The third-order valence-electron chi connectivity index (χ3n) is 4.34. The summed E-state index contributed by atoms with van der Waals surface area (Å²) in [4.78, 5) is 24.3. The van der Waals surface area contributed by atoms with E-state index in [-0.39, 0.29) is 5.57 Å². The molecule has 1 aliphatic heterocycles. The van der Waals surface area contributed by atoms with Gasteiger partial charge in [-0.1, -0.05) is 30.3 Å². The molecule has 0 atom stereocenters. The van der Waals surface area contributed by atoms with Gasteiger partial charge < -0.3 is 18.9 Å². The van der Waals surface area contributed by atoms with E-state index in [2.05, 4.69) is 0 Å². The van der Waals surface area contributed by atoms with Gasteiger partial charge in [-0.05, 0) is 48.7 Å². The van der Waals surface area contributed by atoms with Crippen LogP contribution in [-0.4, -0.2) is 24.3 Å². The van der Waals surface area contributed by atoms with E-state index in [0.717, 1.165) is 11.1 Å². The van der Waals surface area contributed by atoms with Gasteiger partial charge in [0, 0.05) is 13.8 Å². The van der Waals surface area contributed by atoms with Crippen molar-refractivity contribution in [1.82, 2.24) is 0 Å². The average Bonchev–Trinajstić information content (AvgIpc) is 2.65. The van der Waals surface area contributed by atoms with Crippen LogP contribution in [0.15, 0.2) is 48.0 Å². The average molecular weight is 396 g/mol. The standard InChI is InChI=1S/C23H24O6/c1-5-26-20-13-16(12-18-21(24)28-23(3,4)29-22(18)25)10-11-19(20)27-14-17-9-7-6-8-15(17)2/h6-13H,5,14H2,1-4H3. The zero-order valence-electron chi connectivity index (χ0n) is 17.0. The number of ether oxygens (including phenoxy) is 4. The molecule has 3 rings (SSSR count). The highest BCUT2D eigenvalue weighted by molar-refractivity contribution is 6.18. The lowest BCUT2D eigenvalue weighted by Crippen LogP contribution is -2.41. The fraction of sp³-hybridized carbons (Fsp3) is 0.304. The molecule has 0 saturated carbocycles. The molecule has 1 saturated heterocycles. The summed E-state index contributed by atoms with van der Waals surface area (Å²) < 4.78 is 21.9. The number of hydrogen-bond acceptors (Lipinski definition) is 6. The van der Waals surface area contributed by atoms with Crippen LogP contribution < -0.4 is 9.47 Å². The van der Waals surface area contributed by atoms with Crippen LogP contribution in [0.5, 0.6) is 11.5 Å². The number of cyclic esters (lactones) is 2. The fourth-order valence-corrected chi connectivity index (χ4v) is 2.87. The van der Waals surface area contributed by atoms with Crippen LogP contribution >= 0.6 is 0 Å². The third kappa shape index (κ3) is 4.96. The summed E-state index contributed by atoms with van der Waals surface area (Å²) in [6.07, 6.45) is 1.42. The van der Waals surface area contributed by atoms with Crippen molar-refractivity contribution in [3.8, 4) is 11.5 Å². The molecule has 0 aliphatic carbocycles. The first-order valence-corrected chi connectivity index (χ1v) is 9.41. The number of hydrogen-bond donors (Lipinski definition) is 0. The lowest BCUT2D eigenvalue weighted by Gasteiger charge is -2.29. The maximum Gasteiger partial charge on any atom is 0.348 e. The summed E-state index contributed by atoms with van der Waals surface area (Å²) in [7, 11) is 0. The van der Waals surface area contributed by atoms with Crippen molar-refractivity contribution in [1.29, 1.82) is 0 Å². The summed E-state index contributed by atoms with van der Waals surface area (Å²) >= 11 is 0. The second-order valence-corrected chi connectivity index (χ2v) is 7.09. The van der Waals surface area contributed by atoms with Gasteiger partial charge in [-0.15, -0.1) is 0 Å². The van der Waals surface area contributed by atoms with Crippen LogP contribution in [0.25, 0.3) is 6.08 Å². The molecule has 0 bridgehead atoms. The maximum atomic E-state index is 12.1. The van der Waals surface area contributed by atoms with Crippen LogP contribution in [0.3, 0.4) is 0 Å². The van der Waals surface area contributed by atoms with Gasteiger partial charge in [0.05, 0.1) is 6.61 Å². The predicted molar refractivity (Wildman–Crippen MR) is 107 cm³/mol. The van der Waals surface area contributed by atoms with Crippen molar-refractivity contribution in [2.75, 3.05) is 6.61 Å². The predicted octanol–water partition coefficient (Wildman–Crippen LogP) is 4.19. The molecule has 1 aliphatic rings. The number of esters is 2. The molecule has 0 radical (unpaired) electrons. The van der Waals surface area contributed by atoms with Gasteiger partial charge in [0.25, 0.3) is 5.79 Å². The molecule has 2 aromatic rings. The SMILES string of the molecule is CCOc1cc(C=C2C(=O)OC(C)(C)OC2=O)ccc1OCc1ccccc1C. The number of rotatable bonds is 6. The molecule has 152 valence electrons. The van der Waals surface area contributed by atoms with Gasteiger partial charge in [-0.25, -0.2) is 9.59 Å². The zero-order chi connectivity index (χ0) is 21.0. The lowest BCUT2D eigenvalue weighted by atomic mass is 10.1. The van der Waals surface area contributed by atoms with E-state index in [1.807, 2.05) is 38.1 Å². The Morgan fingerprint density at radius 2 is 1.66 bits per heavy atom. The minimum atomic E-state index is -1.27. The highest BCUT2D eigenvalue weighted by Gasteiger charge is 2.38. The van der Waals surface area contributed by atoms with E-state index < -0.39 is 17.7 Å². The van der Waals surface area contributed by atoms with Crippen molar-refractivity contribution >= 4 is 18.0 Å². The quantitative estimate of drug-likeness (QED) is 0.414. The minimum absolute atomic E-state index is 0.166. The summed E-state index contributed by atoms with van der Waals surface area (Å²) in [5.41, 5.74) is 2.65. The Kier molecular flexibility index (Phi) is 5.92. The van der Waals surface area contributed by atoms with E-state index in [1.54, 1.807) is 18.2 Å². The molecular weight excluding hydrogens is 372 g/mol. The number of carbonyl (C=O) groups excluding carboxylic acids is 2. The molecular formula is C23H24O6. The summed E-state index contributed by atoms with van der Waals surface area (Å²) in [5, 5.41) is 0. The van der Waals surface area contributed by atoms with E-state index in [1.165, 1.54) is 19.9 Å². The largest absolute Gasteiger partial charge is 0.490 e. The second-order valence-electron chi connectivity index (χ2n) is 7.09. The maximum absolute atomic E-state index is 12.1.